The Hall–Kier alpha value is -3.68. The molecule has 0 aliphatic carbocycles. The van der Waals surface area contributed by atoms with Crippen molar-refractivity contribution >= 4 is 22.7 Å². The third-order valence-corrected chi connectivity index (χ3v) is 4.49. The molecule has 142 valence electrons. The summed E-state index contributed by atoms with van der Waals surface area (Å²) in [5, 5.41) is 7.97. The lowest BCUT2D eigenvalue weighted by molar-refractivity contribution is 0.0998. The highest BCUT2D eigenvalue weighted by molar-refractivity contribution is 6.04. The topological polar surface area (TPSA) is 106 Å². The largest absolute Gasteiger partial charge is 0.451 e. The zero-order valence-electron chi connectivity index (χ0n) is 15.7. The molecule has 0 radical (unpaired) electrons. The minimum atomic E-state index is -0.415. The lowest BCUT2D eigenvalue weighted by Gasteiger charge is -2.09. The van der Waals surface area contributed by atoms with Crippen molar-refractivity contribution in [1.82, 2.24) is 19.7 Å². The van der Waals surface area contributed by atoms with E-state index in [0.717, 1.165) is 5.39 Å². The Kier molecular flexibility index (Phi) is 4.31. The molecule has 0 atom stereocenters. The number of benzene rings is 1. The summed E-state index contributed by atoms with van der Waals surface area (Å²) in [7, 11) is 0. The van der Waals surface area contributed by atoms with E-state index in [-0.39, 0.29) is 17.3 Å². The monoisotopic (exact) mass is 377 g/mol. The standard InChI is InChI=1S/C20H19N5O3/c1-4-14-12(3)21-20(23-18(14)26)25-17(9-11(2)24-25)22-19(27)16-10-13-7-5-6-8-15(13)28-16/h5-10H,4H2,1-3H3,(H,22,27)(H,21,23,26). The van der Waals surface area contributed by atoms with Gasteiger partial charge in [0.15, 0.2) is 5.76 Å². The molecule has 0 bridgehead atoms. The first kappa shape index (κ1) is 17.7. The van der Waals surface area contributed by atoms with Crippen LogP contribution in [0.5, 0.6) is 0 Å². The molecule has 0 saturated heterocycles. The van der Waals surface area contributed by atoms with E-state index < -0.39 is 5.91 Å². The summed E-state index contributed by atoms with van der Waals surface area (Å²) in [5.74, 6) is 0.398. The van der Waals surface area contributed by atoms with Crippen molar-refractivity contribution in [1.29, 1.82) is 0 Å². The van der Waals surface area contributed by atoms with E-state index in [1.807, 2.05) is 25.1 Å². The Morgan fingerprint density at radius 3 is 2.75 bits per heavy atom. The number of H-pyrrole nitrogens is 1. The fourth-order valence-electron chi connectivity index (χ4n) is 3.13. The average molecular weight is 377 g/mol. The van der Waals surface area contributed by atoms with E-state index in [4.69, 9.17) is 4.42 Å². The number of amides is 1. The van der Waals surface area contributed by atoms with Crippen LogP contribution in [0.3, 0.4) is 0 Å². The molecule has 0 aliphatic heterocycles. The van der Waals surface area contributed by atoms with Gasteiger partial charge in [-0.1, -0.05) is 25.1 Å². The van der Waals surface area contributed by atoms with Gasteiger partial charge in [0.2, 0.25) is 5.95 Å². The van der Waals surface area contributed by atoms with Crippen LogP contribution >= 0.6 is 0 Å². The Balaban J connectivity index is 1.70. The summed E-state index contributed by atoms with van der Waals surface area (Å²) in [6.45, 7) is 5.47. The highest BCUT2D eigenvalue weighted by atomic mass is 16.3. The third-order valence-electron chi connectivity index (χ3n) is 4.49. The van der Waals surface area contributed by atoms with Crippen LogP contribution in [0, 0.1) is 13.8 Å². The minimum absolute atomic E-state index is 0.186. The van der Waals surface area contributed by atoms with Gasteiger partial charge in [0.05, 0.1) is 5.69 Å². The number of carbonyl (C=O) groups excluding carboxylic acids is 1. The van der Waals surface area contributed by atoms with Crippen molar-refractivity contribution in [2.75, 3.05) is 5.32 Å². The molecule has 0 aliphatic rings. The van der Waals surface area contributed by atoms with Gasteiger partial charge < -0.3 is 9.73 Å². The Morgan fingerprint density at radius 2 is 2.04 bits per heavy atom. The molecule has 8 heteroatoms. The third kappa shape index (κ3) is 3.09. The number of hydrogen-bond donors (Lipinski definition) is 2. The quantitative estimate of drug-likeness (QED) is 0.568. The number of aromatic amines is 1. The number of nitrogens with one attached hydrogen (secondary N) is 2. The Morgan fingerprint density at radius 1 is 1.25 bits per heavy atom. The van der Waals surface area contributed by atoms with E-state index >= 15 is 0 Å². The summed E-state index contributed by atoms with van der Waals surface area (Å²) >= 11 is 0. The molecule has 3 heterocycles. The first-order valence-electron chi connectivity index (χ1n) is 8.93. The number of fused-ring (bicyclic) bond motifs is 1. The molecule has 4 aromatic rings. The van der Waals surface area contributed by atoms with Crippen LogP contribution in [0.2, 0.25) is 0 Å². The molecule has 0 fully saturated rings. The van der Waals surface area contributed by atoms with Gasteiger partial charge in [-0.3, -0.25) is 14.6 Å². The number of carbonyl (C=O) groups is 1. The zero-order chi connectivity index (χ0) is 19.8. The fraction of sp³-hybridized carbons (Fsp3) is 0.200. The molecular weight excluding hydrogens is 358 g/mol. The predicted molar refractivity (Wildman–Crippen MR) is 105 cm³/mol. The SMILES string of the molecule is CCc1c(C)nc(-n2nc(C)cc2NC(=O)c2cc3ccccc3o2)[nH]c1=O. The molecule has 8 nitrogen and oxygen atoms in total. The van der Waals surface area contributed by atoms with E-state index in [2.05, 4.69) is 20.4 Å². The van der Waals surface area contributed by atoms with Crippen molar-refractivity contribution < 1.29 is 9.21 Å². The van der Waals surface area contributed by atoms with Crippen LogP contribution in [0.1, 0.15) is 34.4 Å². The van der Waals surface area contributed by atoms with Crippen LogP contribution in [-0.4, -0.2) is 25.7 Å². The smallest absolute Gasteiger partial charge is 0.292 e. The second-order valence-electron chi connectivity index (χ2n) is 6.49. The van der Waals surface area contributed by atoms with Crippen LogP contribution in [-0.2, 0) is 6.42 Å². The molecule has 2 N–H and O–H groups in total. The van der Waals surface area contributed by atoms with Crippen LogP contribution in [0.15, 0.2) is 45.6 Å². The van der Waals surface area contributed by atoms with Crippen molar-refractivity contribution in [2.24, 2.45) is 0 Å². The number of hydrogen-bond acceptors (Lipinski definition) is 5. The predicted octanol–water partition coefficient (Wildman–Crippen LogP) is 3.13. The molecule has 0 spiro atoms. The average Bonchev–Trinajstić information content (AvgIpc) is 3.24. The molecule has 3 aromatic heterocycles. The summed E-state index contributed by atoms with van der Waals surface area (Å²) in [5.41, 5.74) is 2.34. The van der Waals surface area contributed by atoms with E-state index in [9.17, 15) is 9.59 Å². The van der Waals surface area contributed by atoms with Gasteiger partial charge in [-0.2, -0.15) is 9.78 Å². The van der Waals surface area contributed by atoms with Gasteiger partial charge >= 0.3 is 0 Å². The van der Waals surface area contributed by atoms with Gasteiger partial charge in [0.25, 0.3) is 11.5 Å². The van der Waals surface area contributed by atoms with Gasteiger partial charge in [-0.05, 0) is 32.4 Å². The van der Waals surface area contributed by atoms with Crippen LogP contribution < -0.4 is 10.9 Å². The number of furan rings is 1. The number of aromatic nitrogens is 4. The van der Waals surface area contributed by atoms with Crippen molar-refractivity contribution in [2.45, 2.75) is 27.2 Å². The van der Waals surface area contributed by atoms with Gasteiger partial charge in [-0.25, -0.2) is 4.98 Å². The number of para-hydroxylation sites is 1. The van der Waals surface area contributed by atoms with Crippen LogP contribution in [0.4, 0.5) is 5.82 Å². The molecule has 28 heavy (non-hydrogen) atoms. The lowest BCUT2D eigenvalue weighted by Crippen LogP contribution is -2.21. The fourth-order valence-corrected chi connectivity index (χ4v) is 3.13. The van der Waals surface area contributed by atoms with Crippen LogP contribution in [0.25, 0.3) is 16.9 Å². The molecular formula is C20H19N5O3. The minimum Gasteiger partial charge on any atom is -0.451 e. The number of aryl methyl sites for hydroxylation is 2. The molecule has 0 unspecified atom stereocenters. The maximum absolute atomic E-state index is 12.7. The van der Waals surface area contributed by atoms with E-state index in [1.165, 1.54) is 4.68 Å². The highest BCUT2D eigenvalue weighted by Gasteiger charge is 2.18. The number of anilines is 1. The van der Waals surface area contributed by atoms with Gasteiger partial charge in [-0.15, -0.1) is 0 Å². The van der Waals surface area contributed by atoms with Crippen molar-refractivity contribution in [3.8, 4) is 5.95 Å². The zero-order valence-corrected chi connectivity index (χ0v) is 15.7. The maximum Gasteiger partial charge on any atom is 0.292 e. The van der Waals surface area contributed by atoms with E-state index in [1.54, 1.807) is 32.0 Å². The summed E-state index contributed by atoms with van der Waals surface area (Å²) in [6, 6.07) is 10.8. The lowest BCUT2D eigenvalue weighted by atomic mass is 10.2. The highest BCUT2D eigenvalue weighted by Crippen LogP contribution is 2.21. The number of rotatable bonds is 4. The summed E-state index contributed by atoms with van der Waals surface area (Å²) in [6.07, 6.45) is 0.586. The Bertz CT molecular complexity index is 1220. The summed E-state index contributed by atoms with van der Waals surface area (Å²) < 4.78 is 7.01. The molecule has 1 amide bonds. The first-order chi connectivity index (χ1) is 13.5. The normalized spacial score (nSPS) is 11.1. The van der Waals surface area contributed by atoms with Crippen molar-refractivity contribution in [3.05, 3.63) is 69.5 Å². The van der Waals surface area contributed by atoms with Gasteiger partial charge in [0, 0.05) is 22.7 Å². The summed E-state index contributed by atoms with van der Waals surface area (Å²) in [4.78, 5) is 32.1. The van der Waals surface area contributed by atoms with E-state index in [0.29, 0.717) is 34.8 Å². The molecule has 4 rings (SSSR count). The molecule has 0 saturated carbocycles. The maximum atomic E-state index is 12.7. The van der Waals surface area contributed by atoms with Crippen molar-refractivity contribution in [3.63, 3.8) is 0 Å². The first-order valence-corrected chi connectivity index (χ1v) is 8.93. The Labute approximate surface area is 160 Å². The second kappa shape index (κ2) is 6.80. The van der Waals surface area contributed by atoms with Gasteiger partial charge in [0.1, 0.15) is 11.4 Å². The number of nitrogens with zero attached hydrogens (tertiary/aromatic N) is 3. The molecule has 1 aromatic carbocycles. The second-order valence-corrected chi connectivity index (χ2v) is 6.49.